The predicted molar refractivity (Wildman–Crippen MR) is 111 cm³/mol. The Bertz CT molecular complexity index is 855. The van der Waals surface area contributed by atoms with E-state index in [1.807, 2.05) is 44.2 Å². The van der Waals surface area contributed by atoms with E-state index in [9.17, 15) is 9.59 Å². The van der Waals surface area contributed by atoms with Gasteiger partial charge in [0, 0.05) is 18.8 Å². The molecule has 0 spiro atoms. The van der Waals surface area contributed by atoms with Crippen molar-refractivity contribution >= 4 is 23.3 Å². The Kier molecular flexibility index (Phi) is 6.34. The monoisotopic (exact) mass is 380 g/mol. The Morgan fingerprint density at radius 2 is 1.71 bits per heavy atom. The summed E-state index contributed by atoms with van der Waals surface area (Å²) >= 11 is 0. The van der Waals surface area contributed by atoms with Gasteiger partial charge >= 0.3 is 5.97 Å². The van der Waals surface area contributed by atoms with E-state index in [0.717, 1.165) is 37.2 Å². The summed E-state index contributed by atoms with van der Waals surface area (Å²) in [6.45, 7) is 7.54. The SMILES string of the molecule is Cc1cccc(Nc2ccccc2C(=O)OCC(=O)N2CCC(C)CC2)c1C. The van der Waals surface area contributed by atoms with E-state index in [1.54, 1.807) is 17.0 Å². The van der Waals surface area contributed by atoms with E-state index in [-0.39, 0.29) is 12.5 Å². The summed E-state index contributed by atoms with van der Waals surface area (Å²) in [7, 11) is 0. The number of anilines is 2. The highest BCUT2D eigenvalue weighted by Gasteiger charge is 2.22. The average molecular weight is 380 g/mol. The lowest BCUT2D eigenvalue weighted by molar-refractivity contribution is -0.135. The summed E-state index contributed by atoms with van der Waals surface area (Å²) in [6.07, 6.45) is 2.00. The van der Waals surface area contributed by atoms with Gasteiger partial charge in [-0.1, -0.05) is 31.2 Å². The van der Waals surface area contributed by atoms with Gasteiger partial charge in [0.05, 0.1) is 11.3 Å². The van der Waals surface area contributed by atoms with Crippen molar-refractivity contribution in [1.82, 2.24) is 4.90 Å². The van der Waals surface area contributed by atoms with E-state index in [4.69, 9.17) is 4.74 Å². The number of aryl methyl sites for hydroxylation is 1. The number of carbonyl (C=O) groups excluding carboxylic acids is 2. The first-order valence-electron chi connectivity index (χ1n) is 9.83. The van der Waals surface area contributed by atoms with Crippen molar-refractivity contribution in [1.29, 1.82) is 0 Å². The van der Waals surface area contributed by atoms with Crippen LogP contribution < -0.4 is 5.32 Å². The quantitative estimate of drug-likeness (QED) is 0.778. The van der Waals surface area contributed by atoms with E-state index in [1.165, 1.54) is 5.56 Å². The Balaban J connectivity index is 1.66. The molecule has 0 unspecified atom stereocenters. The molecule has 0 aromatic heterocycles. The second-order valence-corrected chi connectivity index (χ2v) is 7.56. The zero-order valence-corrected chi connectivity index (χ0v) is 16.8. The standard InChI is InChI=1S/C23H28N2O3/c1-16-11-13-25(14-12-16)22(26)15-28-23(27)19-8-4-5-9-21(19)24-20-10-6-7-17(2)18(20)3/h4-10,16,24H,11-15H2,1-3H3. The van der Waals surface area contributed by atoms with E-state index < -0.39 is 5.97 Å². The third kappa shape index (κ3) is 4.71. The summed E-state index contributed by atoms with van der Waals surface area (Å²) in [5, 5.41) is 3.32. The van der Waals surface area contributed by atoms with Crippen molar-refractivity contribution in [3.8, 4) is 0 Å². The highest BCUT2D eigenvalue weighted by atomic mass is 16.5. The number of hydrogen-bond acceptors (Lipinski definition) is 4. The van der Waals surface area contributed by atoms with Crippen molar-refractivity contribution in [3.05, 3.63) is 59.2 Å². The molecular weight excluding hydrogens is 352 g/mol. The third-order valence-electron chi connectivity index (χ3n) is 5.48. The maximum absolute atomic E-state index is 12.6. The van der Waals surface area contributed by atoms with Gasteiger partial charge < -0.3 is 15.0 Å². The minimum atomic E-state index is -0.493. The zero-order chi connectivity index (χ0) is 20.1. The fraction of sp³-hybridized carbons (Fsp3) is 0.391. The minimum Gasteiger partial charge on any atom is -0.452 e. The molecule has 0 aliphatic carbocycles. The number of ether oxygens (including phenoxy) is 1. The summed E-state index contributed by atoms with van der Waals surface area (Å²) < 4.78 is 5.33. The maximum Gasteiger partial charge on any atom is 0.340 e. The van der Waals surface area contributed by atoms with Gasteiger partial charge in [-0.05, 0) is 61.9 Å². The molecule has 0 atom stereocenters. The first kappa shape index (κ1) is 19.9. The Hall–Kier alpha value is -2.82. The zero-order valence-electron chi connectivity index (χ0n) is 16.8. The minimum absolute atomic E-state index is 0.125. The van der Waals surface area contributed by atoms with E-state index >= 15 is 0 Å². The molecule has 1 heterocycles. The summed E-state index contributed by atoms with van der Waals surface area (Å²) in [5.41, 5.74) is 4.33. The van der Waals surface area contributed by atoms with Gasteiger partial charge in [0.15, 0.2) is 6.61 Å². The van der Waals surface area contributed by atoms with Gasteiger partial charge in [-0.25, -0.2) is 4.79 Å². The predicted octanol–water partition coefficient (Wildman–Crippen LogP) is 4.46. The molecule has 0 radical (unpaired) electrons. The van der Waals surface area contributed by atoms with Crippen LogP contribution in [0.5, 0.6) is 0 Å². The summed E-state index contributed by atoms with van der Waals surface area (Å²) in [4.78, 5) is 26.7. The van der Waals surface area contributed by atoms with E-state index in [0.29, 0.717) is 17.2 Å². The summed E-state index contributed by atoms with van der Waals surface area (Å²) in [6, 6.07) is 13.2. The lowest BCUT2D eigenvalue weighted by atomic mass is 9.99. The van der Waals surface area contributed by atoms with Gasteiger partial charge in [-0.2, -0.15) is 0 Å². The largest absolute Gasteiger partial charge is 0.452 e. The molecule has 1 amide bonds. The number of carbonyl (C=O) groups is 2. The number of hydrogen-bond donors (Lipinski definition) is 1. The van der Waals surface area contributed by atoms with Crippen LogP contribution in [0.3, 0.4) is 0 Å². The second-order valence-electron chi connectivity index (χ2n) is 7.56. The van der Waals surface area contributed by atoms with Crippen LogP contribution in [0.4, 0.5) is 11.4 Å². The molecule has 3 rings (SSSR count). The molecule has 0 saturated carbocycles. The number of para-hydroxylation sites is 1. The molecule has 2 aromatic rings. The molecule has 1 N–H and O–H groups in total. The van der Waals surface area contributed by atoms with Crippen molar-refractivity contribution in [3.63, 3.8) is 0 Å². The Morgan fingerprint density at radius 1 is 1.04 bits per heavy atom. The maximum atomic E-state index is 12.6. The molecule has 5 heteroatoms. The van der Waals surface area contributed by atoms with Crippen LogP contribution in [0, 0.1) is 19.8 Å². The summed E-state index contributed by atoms with van der Waals surface area (Å²) in [5.74, 6) is 0.0296. The molecule has 1 fully saturated rings. The molecule has 2 aromatic carbocycles. The molecular formula is C23H28N2O3. The number of nitrogens with zero attached hydrogens (tertiary/aromatic N) is 1. The first-order valence-corrected chi connectivity index (χ1v) is 9.83. The van der Waals surface area contributed by atoms with Gasteiger partial charge in [-0.15, -0.1) is 0 Å². The highest BCUT2D eigenvalue weighted by Crippen LogP contribution is 2.25. The fourth-order valence-electron chi connectivity index (χ4n) is 3.36. The van der Waals surface area contributed by atoms with E-state index in [2.05, 4.69) is 12.2 Å². The first-order chi connectivity index (χ1) is 13.5. The third-order valence-corrected chi connectivity index (χ3v) is 5.48. The molecule has 1 saturated heterocycles. The number of amides is 1. The lowest BCUT2D eigenvalue weighted by Gasteiger charge is -2.30. The molecule has 28 heavy (non-hydrogen) atoms. The number of benzene rings is 2. The number of rotatable bonds is 5. The van der Waals surface area contributed by atoms with Crippen molar-refractivity contribution in [2.45, 2.75) is 33.6 Å². The lowest BCUT2D eigenvalue weighted by Crippen LogP contribution is -2.40. The van der Waals surface area contributed by atoms with Crippen LogP contribution >= 0.6 is 0 Å². The van der Waals surface area contributed by atoms with Gasteiger partial charge in [0.2, 0.25) is 0 Å². The van der Waals surface area contributed by atoms with Crippen LogP contribution in [-0.4, -0.2) is 36.5 Å². The van der Waals surface area contributed by atoms with Gasteiger partial charge in [0.1, 0.15) is 0 Å². The highest BCUT2D eigenvalue weighted by molar-refractivity contribution is 5.97. The van der Waals surface area contributed by atoms with Crippen LogP contribution in [0.2, 0.25) is 0 Å². The Labute approximate surface area is 166 Å². The van der Waals surface area contributed by atoms with Crippen molar-refractivity contribution in [2.75, 3.05) is 25.0 Å². The average Bonchev–Trinajstić information content (AvgIpc) is 2.70. The number of piperidine rings is 1. The molecule has 148 valence electrons. The second kappa shape index (κ2) is 8.91. The normalized spacial score (nSPS) is 14.6. The fourth-order valence-corrected chi connectivity index (χ4v) is 3.36. The van der Waals surface area contributed by atoms with Crippen LogP contribution in [0.1, 0.15) is 41.3 Å². The molecule has 0 bridgehead atoms. The van der Waals surface area contributed by atoms with Crippen LogP contribution in [0.25, 0.3) is 0 Å². The molecule has 5 nitrogen and oxygen atoms in total. The molecule has 1 aliphatic rings. The topological polar surface area (TPSA) is 58.6 Å². The van der Waals surface area contributed by atoms with Crippen LogP contribution in [-0.2, 0) is 9.53 Å². The van der Waals surface area contributed by atoms with Crippen molar-refractivity contribution < 1.29 is 14.3 Å². The van der Waals surface area contributed by atoms with Gasteiger partial charge in [-0.3, -0.25) is 4.79 Å². The van der Waals surface area contributed by atoms with Crippen LogP contribution in [0.15, 0.2) is 42.5 Å². The number of esters is 1. The number of nitrogens with one attached hydrogen (secondary N) is 1. The van der Waals surface area contributed by atoms with Crippen molar-refractivity contribution in [2.24, 2.45) is 5.92 Å². The smallest absolute Gasteiger partial charge is 0.340 e. The Morgan fingerprint density at radius 3 is 2.46 bits per heavy atom. The molecule has 1 aliphatic heterocycles. The van der Waals surface area contributed by atoms with Gasteiger partial charge in [0.25, 0.3) is 5.91 Å². The number of likely N-dealkylation sites (tertiary alicyclic amines) is 1.